The molecule has 4 aromatic rings. The largest absolute Gasteiger partial charge is 0.287 e. The fourth-order valence-electron chi connectivity index (χ4n) is 3.07. The van der Waals surface area contributed by atoms with E-state index in [0.29, 0.717) is 26.7 Å². The molecule has 0 spiro atoms. The van der Waals surface area contributed by atoms with Gasteiger partial charge in [0.2, 0.25) is 11.6 Å². The van der Waals surface area contributed by atoms with Gasteiger partial charge in [0.1, 0.15) is 5.69 Å². The molecule has 0 atom stereocenters. The quantitative estimate of drug-likeness (QED) is 0.395. The highest BCUT2D eigenvalue weighted by Crippen LogP contribution is 2.23. The van der Waals surface area contributed by atoms with Crippen molar-refractivity contribution in [2.75, 3.05) is 0 Å². The van der Waals surface area contributed by atoms with Crippen LogP contribution in [-0.2, 0) is 6.54 Å². The maximum absolute atomic E-state index is 13.3. The molecule has 0 saturated heterocycles. The Labute approximate surface area is 182 Å². The third-order valence-corrected chi connectivity index (χ3v) is 5.16. The van der Waals surface area contributed by atoms with E-state index < -0.39 is 0 Å². The topological polar surface area (TPSA) is 64.8 Å². The summed E-state index contributed by atoms with van der Waals surface area (Å²) < 4.78 is 1.40. The first kappa shape index (κ1) is 20.0. The van der Waals surface area contributed by atoms with Crippen LogP contribution in [-0.4, -0.2) is 26.6 Å². The van der Waals surface area contributed by atoms with Gasteiger partial charge in [0.15, 0.2) is 5.69 Å². The molecule has 0 amide bonds. The summed E-state index contributed by atoms with van der Waals surface area (Å²) in [5.74, 6) is -0.715. The van der Waals surface area contributed by atoms with Gasteiger partial charge < -0.3 is 0 Å². The average Bonchev–Trinajstić information content (AvgIpc) is 3.19. The van der Waals surface area contributed by atoms with E-state index >= 15 is 0 Å². The lowest BCUT2D eigenvalue weighted by molar-refractivity contribution is 0.0995. The SMILES string of the molecule is O=C(c1ccccc1)c1nnn(Cc2ccc(Cl)cc2Cl)c1C(=O)c1ccccc1. The van der Waals surface area contributed by atoms with Crippen molar-refractivity contribution in [2.45, 2.75) is 6.54 Å². The first-order valence-electron chi connectivity index (χ1n) is 9.11. The molecule has 0 fully saturated rings. The van der Waals surface area contributed by atoms with Gasteiger partial charge in [-0.25, -0.2) is 4.68 Å². The van der Waals surface area contributed by atoms with Gasteiger partial charge in [-0.1, -0.05) is 95.1 Å². The summed E-state index contributed by atoms with van der Waals surface area (Å²) in [5.41, 5.74) is 1.68. The van der Waals surface area contributed by atoms with E-state index in [0.717, 1.165) is 0 Å². The van der Waals surface area contributed by atoms with Crippen molar-refractivity contribution >= 4 is 34.8 Å². The van der Waals surface area contributed by atoms with Crippen LogP contribution in [0.3, 0.4) is 0 Å². The fourth-order valence-corrected chi connectivity index (χ4v) is 3.53. The Morgan fingerprint density at radius 1 is 0.800 bits per heavy atom. The molecule has 0 aliphatic rings. The number of carbonyl (C=O) groups is 2. The molecule has 30 heavy (non-hydrogen) atoms. The number of halogens is 2. The predicted molar refractivity (Wildman–Crippen MR) is 115 cm³/mol. The second-order valence-electron chi connectivity index (χ2n) is 6.57. The standard InChI is InChI=1S/C23H15Cl2N3O2/c24-18-12-11-17(19(25)13-18)14-28-21(23(30)16-9-5-2-6-10-16)20(26-27-28)22(29)15-7-3-1-4-8-15/h1-13H,14H2. The number of aromatic nitrogens is 3. The molecule has 0 bridgehead atoms. The molecule has 1 aromatic heterocycles. The average molecular weight is 436 g/mol. The highest BCUT2D eigenvalue weighted by atomic mass is 35.5. The van der Waals surface area contributed by atoms with E-state index in [4.69, 9.17) is 23.2 Å². The Morgan fingerprint density at radius 3 is 2.00 bits per heavy atom. The van der Waals surface area contributed by atoms with E-state index in [1.54, 1.807) is 66.7 Å². The van der Waals surface area contributed by atoms with Crippen LogP contribution < -0.4 is 0 Å². The van der Waals surface area contributed by atoms with Crippen LogP contribution in [0.1, 0.15) is 37.7 Å². The second-order valence-corrected chi connectivity index (χ2v) is 7.41. The minimum absolute atomic E-state index is 0.000129. The molecule has 1 heterocycles. The molecule has 0 unspecified atom stereocenters. The van der Waals surface area contributed by atoms with Crippen LogP contribution in [0, 0.1) is 0 Å². The van der Waals surface area contributed by atoms with Crippen molar-refractivity contribution in [3.63, 3.8) is 0 Å². The minimum atomic E-state index is -0.372. The molecule has 0 aliphatic carbocycles. The van der Waals surface area contributed by atoms with E-state index in [9.17, 15) is 9.59 Å². The molecule has 7 heteroatoms. The third-order valence-electron chi connectivity index (χ3n) is 4.57. The Balaban J connectivity index is 1.81. The van der Waals surface area contributed by atoms with Crippen LogP contribution in [0.5, 0.6) is 0 Å². The maximum atomic E-state index is 13.3. The number of hydrogen-bond acceptors (Lipinski definition) is 4. The Kier molecular flexibility index (Phi) is 5.74. The smallest absolute Gasteiger partial charge is 0.215 e. The number of benzene rings is 3. The highest BCUT2D eigenvalue weighted by Gasteiger charge is 2.27. The summed E-state index contributed by atoms with van der Waals surface area (Å²) in [6, 6.07) is 22.4. The second kappa shape index (κ2) is 8.61. The summed E-state index contributed by atoms with van der Waals surface area (Å²) in [5, 5.41) is 9.10. The zero-order valence-electron chi connectivity index (χ0n) is 15.6. The van der Waals surface area contributed by atoms with Gasteiger partial charge in [-0.2, -0.15) is 0 Å². The molecule has 148 valence electrons. The van der Waals surface area contributed by atoms with Crippen molar-refractivity contribution in [2.24, 2.45) is 0 Å². The fraction of sp³-hybridized carbons (Fsp3) is 0.0435. The number of rotatable bonds is 6. The van der Waals surface area contributed by atoms with E-state index in [1.807, 2.05) is 12.1 Å². The van der Waals surface area contributed by atoms with Crippen molar-refractivity contribution in [3.05, 3.63) is 117 Å². The third kappa shape index (κ3) is 4.03. The summed E-state index contributed by atoms with van der Waals surface area (Å²) >= 11 is 12.3. The molecule has 3 aromatic carbocycles. The number of nitrogens with zero attached hydrogens (tertiary/aromatic N) is 3. The summed E-state index contributed by atoms with van der Waals surface area (Å²) in [7, 11) is 0. The number of hydrogen-bond donors (Lipinski definition) is 0. The van der Waals surface area contributed by atoms with Gasteiger partial charge in [-0.3, -0.25) is 9.59 Å². The van der Waals surface area contributed by atoms with Crippen LogP contribution >= 0.6 is 23.2 Å². The molecule has 4 rings (SSSR count). The van der Waals surface area contributed by atoms with Gasteiger partial charge >= 0.3 is 0 Å². The predicted octanol–water partition coefficient (Wildman–Crippen LogP) is 5.10. The highest BCUT2D eigenvalue weighted by molar-refractivity contribution is 6.35. The Morgan fingerprint density at radius 2 is 1.40 bits per heavy atom. The zero-order chi connectivity index (χ0) is 21.1. The lowest BCUT2D eigenvalue weighted by Crippen LogP contribution is -2.16. The van der Waals surface area contributed by atoms with Crippen molar-refractivity contribution in [3.8, 4) is 0 Å². The normalized spacial score (nSPS) is 10.7. The maximum Gasteiger partial charge on any atom is 0.215 e. The van der Waals surface area contributed by atoms with Crippen molar-refractivity contribution in [1.29, 1.82) is 0 Å². The lowest BCUT2D eigenvalue weighted by Gasteiger charge is -2.09. The van der Waals surface area contributed by atoms with Gasteiger partial charge in [0.05, 0.1) is 6.54 Å². The van der Waals surface area contributed by atoms with E-state index in [2.05, 4.69) is 10.3 Å². The Bertz CT molecular complexity index is 1220. The van der Waals surface area contributed by atoms with Crippen LogP contribution in [0.4, 0.5) is 0 Å². The van der Waals surface area contributed by atoms with Crippen molar-refractivity contribution < 1.29 is 9.59 Å². The molecule has 0 N–H and O–H groups in total. The number of carbonyl (C=O) groups excluding carboxylic acids is 2. The molecule has 0 radical (unpaired) electrons. The Hall–Kier alpha value is -3.28. The lowest BCUT2D eigenvalue weighted by atomic mass is 10.0. The van der Waals surface area contributed by atoms with E-state index in [-0.39, 0.29) is 29.5 Å². The first-order chi connectivity index (χ1) is 14.5. The van der Waals surface area contributed by atoms with Crippen LogP contribution in [0.15, 0.2) is 78.9 Å². The monoisotopic (exact) mass is 435 g/mol. The van der Waals surface area contributed by atoms with Gasteiger partial charge in [0.25, 0.3) is 0 Å². The van der Waals surface area contributed by atoms with Crippen molar-refractivity contribution in [1.82, 2.24) is 15.0 Å². The van der Waals surface area contributed by atoms with Gasteiger partial charge in [-0.15, -0.1) is 5.10 Å². The van der Waals surface area contributed by atoms with Crippen LogP contribution in [0.2, 0.25) is 10.0 Å². The summed E-state index contributed by atoms with van der Waals surface area (Å²) in [6.45, 7) is 0.166. The summed E-state index contributed by atoms with van der Waals surface area (Å²) in [4.78, 5) is 26.4. The van der Waals surface area contributed by atoms with E-state index in [1.165, 1.54) is 4.68 Å². The zero-order valence-corrected chi connectivity index (χ0v) is 17.1. The molecule has 5 nitrogen and oxygen atoms in total. The van der Waals surface area contributed by atoms with Gasteiger partial charge in [0, 0.05) is 21.2 Å². The molecular formula is C23H15Cl2N3O2. The minimum Gasteiger partial charge on any atom is -0.287 e. The molecular weight excluding hydrogens is 421 g/mol. The summed E-state index contributed by atoms with van der Waals surface area (Å²) in [6.07, 6.45) is 0. The van der Waals surface area contributed by atoms with Gasteiger partial charge in [-0.05, 0) is 17.7 Å². The van der Waals surface area contributed by atoms with Crippen LogP contribution in [0.25, 0.3) is 0 Å². The first-order valence-corrected chi connectivity index (χ1v) is 9.87. The molecule has 0 aliphatic heterocycles. The number of ketones is 2. The molecule has 0 saturated carbocycles.